The van der Waals surface area contributed by atoms with Gasteiger partial charge >= 0.3 is 11.9 Å². The highest BCUT2D eigenvalue weighted by Gasteiger charge is 2.30. The lowest BCUT2D eigenvalue weighted by molar-refractivity contribution is -0.255. The van der Waals surface area contributed by atoms with Crippen LogP contribution in [0, 0.1) is 5.92 Å². The van der Waals surface area contributed by atoms with Crippen LogP contribution >= 0.6 is 0 Å². The van der Waals surface area contributed by atoms with E-state index < -0.39 is 17.9 Å². The van der Waals surface area contributed by atoms with E-state index >= 15 is 0 Å². The molecular formula is C18H34O6. The van der Waals surface area contributed by atoms with Gasteiger partial charge in [0.25, 0.3) is 0 Å². The van der Waals surface area contributed by atoms with Crippen molar-refractivity contribution in [1.82, 2.24) is 0 Å². The second-order valence-corrected chi connectivity index (χ2v) is 6.40. The molecule has 0 fully saturated rings. The van der Waals surface area contributed by atoms with Crippen molar-refractivity contribution < 1.29 is 29.9 Å². The van der Waals surface area contributed by atoms with Crippen LogP contribution < -0.4 is 0 Å². The van der Waals surface area contributed by atoms with Gasteiger partial charge in [-0.15, -0.1) is 0 Å². The Kier molecular flexibility index (Phi) is 15.9. The summed E-state index contributed by atoms with van der Waals surface area (Å²) in [4.78, 5) is 29.5. The summed E-state index contributed by atoms with van der Waals surface area (Å²) < 4.78 is 0. The summed E-state index contributed by atoms with van der Waals surface area (Å²) in [7, 11) is 0. The molecule has 0 aromatic carbocycles. The second-order valence-electron chi connectivity index (χ2n) is 6.40. The molecule has 24 heavy (non-hydrogen) atoms. The third-order valence-corrected chi connectivity index (χ3v) is 4.35. The first-order valence-corrected chi connectivity index (χ1v) is 9.37. The van der Waals surface area contributed by atoms with E-state index in [1.165, 1.54) is 57.8 Å². The molecule has 0 saturated heterocycles. The second kappa shape index (κ2) is 16.7. The van der Waals surface area contributed by atoms with Crippen LogP contribution in [-0.2, 0) is 19.4 Å². The van der Waals surface area contributed by atoms with E-state index in [0.717, 1.165) is 19.3 Å². The number of rotatable bonds is 16. The van der Waals surface area contributed by atoms with Crippen molar-refractivity contribution in [2.45, 2.75) is 96.8 Å². The summed E-state index contributed by atoms with van der Waals surface area (Å²) in [6, 6.07) is 0. The molecule has 2 N–H and O–H groups in total. The quantitative estimate of drug-likeness (QED) is 0.174. The maximum absolute atomic E-state index is 11.2. The zero-order valence-electron chi connectivity index (χ0n) is 15.0. The lowest BCUT2D eigenvalue weighted by Gasteiger charge is -2.09. The largest absolute Gasteiger partial charge is 0.356 e. The molecule has 0 heterocycles. The molecule has 0 radical (unpaired) electrons. The van der Waals surface area contributed by atoms with Gasteiger partial charge in [-0.1, -0.05) is 90.4 Å². The van der Waals surface area contributed by atoms with Gasteiger partial charge in [-0.2, -0.15) is 10.5 Å². The van der Waals surface area contributed by atoms with Gasteiger partial charge in [0.05, 0.1) is 0 Å². The van der Waals surface area contributed by atoms with Gasteiger partial charge in [0, 0.05) is 0 Å². The molecule has 142 valence electrons. The van der Waals surface area contributed by atoms with E-state index in [0.29, 0.717) is 6.42 Å². The molecule has 6 heteroatoms. The Morgan fingerprint density at radius 1 is 0.667 bits per heavy atom. The van der Waals surface area contributed by atoms with Gasteiger partial charge in [0.2, 0.25) is 0 Å². The van der Waals surface area contributed by atoms with Crippen LogP contribution in [0.2, 0.25) is 0 Å². The average Bonchev–Trinajstić information content (AvgIpc) is 2.61. The smallest absolute Gasteiger partial charge is 0.300 e. The van der Waals surface area contributed by atoms with Gasteiger partial charge in [0.1, 0.15) is 0 Å². The minimum atomic E-state index is -1.26. The summed E-state index contributed by atoms with van der Waals surface area (Å²) in [5.41, 5.74) is 0. The molecule has 0 amide bonds. The maximum Gasteiger partial charge on any atom is 0.356 e. The number of unbranched alkanes of at least 4 members (excludes halogenated alkanes) is 12. The van der Waals surface area contributed by atoms with Crippen molar-refractivity contribution in [2.24, 2.45) is 5.92 Å². The summed E-state index contributed by atoms with van der Waals surface area (Å²) in [6.07, 6.45) is 15.8. The number of carbonyl (C=O) groups excluding carboxylic acids is 2. The summed E-state index contributed by atoms with van der Waals surface area (Å²) in [5, 5.41) is 16.6. The highest BCUT2D eigenvalue weighted by atomic mass is 17.1. The van der Waals surface area contributed by atoms with Crippen LogP contribution in [0.4, 0.5) is 0 Å². The standard InChI is InChI=1S/C18H34O6/c1-2-3-4-5-6-7-8-9-10-11-12-13-14-15-16(17(19)23-21)18(20)24-22/h16,21-22H,2-15H2,1H3. The van der Waals surface area contributed by atoms with Crippen LogP contribution in [0.25, 0.3) is 0 Å². The third kappa shape index (κ3) is 12.3. The third-order valence-electron chi connectivity index (χ3n) is 4.35. The van der Waals surface area contributed by atoms with Gasteiger partial charge in [-0.05, 0) is 6.42 Å². The minimum Gasteiger partial charge on any atom is -0.300 e. The van der Waals surface area contributed by atoms with E-state index in [9.17, 15) is 9.59 Å². The zero-order chi connectivity index (χ0) is 18.0. The first kappa shape index (κ1) is 22.9. The van der Waals surface area contributed by atoms with Crippen LogP contribution in [0.3, 0.4) is 0 Å². The molecule has 0 spiro atoms. The zero-order valence-corrected chi connectivity index (χ0v) is 15.0. The SMILES string of the molecule is CCCCCCCCCCCCCCCC(C(=O)OO)C(=O)OO. The number of carbonyl (C=O) groups is 2. The van der Waals surface area contributed by atoms with Crippen molar-refractivity contribution in [3.8, 4) is 0 Å². The van der Waals surface area contributed by atoms with Gasteiger partial charge in [-0.25, -0.2) is 9.59 Å². The van der Waals surface area contributed by atoms with E-state index in [-0.39, 0.29) is 6.42 Å². The van der Waals surface area contributed by atoms with Crippen molar-refractivity contribution in [2.75, 3.05) is 0 Å². The number of hydrogen-bond donors (Lipinski definition) is 2. The lowest BCUT2D eigenvalue weighted by atomic mass is 10.00. The molecule has 0 saturated carbocycles. The maximum atomic E-state index is 11.2. The topological polar surface area (TPSA) is 93.1 Å². The predicted octanol–water partition coefficient (Wildman–Crippen LogP) is 5.12. The monoisotopic (exact) mass is 346 g/mol. The van der Waals surface area contributed by atoms with Crippen LogP contribution in [0.5, 0.6) is 0 Å². The van der Waals surface area contributed by atoms with Crippen molar-refractivity contribution >= 4 is 11.9 Å². The molecule has 0 atom stereocenters. The summed E-state index contributed by atoms with van der Waals surface area (Å²) in [6.45, 7) is 2.23. The summed E-state index contributed by atoms with van der Waals surface area (Å²) >= 11 is 0. The van der Waals surface area contributed by atoms with Gasteiger partial charge < -0.3 is 9.78 Å². The van der Waals surface area contributed by atoms with E-state index in [4.69, 9.17) is 10.5 Å². The molecule has 0 aliphatic heterocycles. The fourth-order valence-electron chi connectivity index (χ4n) is 2.83. The van der Waals surface area contributed by atoms with E-state index in [1.54, 1.807) is 0 Å². The van der Waals surface area contributed by atoms with E-state index in [1.807, 2.05) is 0 Å². The predicted molar refractivity (Wildman–Crippen MR) is 91.2 cm³/mol. The molecule has 0 unspecified atom stereocenters. The molecule has 0 bridgehead atoms. The van der Waals surface area contributed by atoms with Crippen LogP contribution in [-0.4, -0.2) is 22.5 Å². The fraction of sp³-hybridized carbons (Fsp3) is 0.889. The fourth-order valence-corrected chi connectivity index (χ4v) is 2.83. The Hall–Kier alpha value is -1.14. The first-order valence-electron chi connectivity index (χ1n) is 9.37. The van der Waals surface area contributed by atoms with Crippen LogP contribution in [0.1, 0.15) is 96.8 Å². The molecule has 0 aliphatic carbocycles. The Balaban J connectivity index is 3.46. The van der Waals surface area contributed by atoms with Crippen molar-refractivity contribution in [1.29, 1.82) is 0 Å². The molecule has 0 rings (SSSR count). The van der Waals surface area contributed by atoms with Gasteiger partial charge in [-0.3, -0.25) is 0 Å². The Morgan fingerprint density at radius 3 is 1.33 bits per heavy atom. The van der Waals surface area contributed by atoms with Gasteiger partial charge in [0.15, 0.2) is 5.92 Å². The molecule has 0 aromatic rings. The average molecular weight is 346 g/mol. The van der Waals surface area contributed by atoms with Crippen LogP contribution in [0.15, 0.2) is 0 Å². The highest BCUT2D eigenvalue weighted by molar-refractivity contribution is 5.94. The first-order chi connectivity index (χ1) is 11.7. The molecule has 6 nitrogen and oxygen atoms in total. The molecular weight excluding hydrogens is 312 g/mol. The highest BCUT2D eigenvalue weighted by Crippen LogP contribution is 2.16. The Bertz CT molecular complexity index is 303. The lowest BCUT2D eigenvalue weighted by Crippen LogP contribution is -2.26. The molecule has 0 aromatic heterocycles. The normalized spacial score (nSPS) is 10.8. The minimum absolute atomic E-state index is 0.205. The summed E-state index contributed by atoms with van der Waals surface area (Å²) in [5.74, 6) is -3.44. The number of hydrogen-bond acceptors (Lipinski definition) is 6. The van der Waals surface area contributed by atoms with Crippen molar-refractivity contribution in [3.05, 3.63) is 0 Å². The molecule has 0 aliphatic rings. The van der Waals surface area contributed by atoms with E-state index in [2.05, 4.69) is 16.7 Å². The van der Waals surface area contributed by atoms with Crippen molar-refractivity contribution in [3.63, 3.8) is 0 Å². The Morgan fingerprint density at radius 2 is 1.00 bits per heavy atom. The Labute approximate surface area is 145 Å².